The third kappa shape index (κ3) is 2.58. The summed E-state index contributed by atoms with van der Waals surface area (Å²) in [5.74, 6) is 1.24. The van der Waals surface area contributed by atoms with Gasteiger partial charge in [0.25, 0.3) is 0 Å². The molecule has 90 valence electrons. The van der Waals surface area contributed by atoms with E-state index in [9.17, 15) is 4.79 Å². The first kappa shape index (κ1) is 11.5. The Morgan fingerprint density at radius 2 is 2.24 bits per heavy atom. The monoisotopic (exact) mass is 233 g/mol. The fourth-order valence-electron chi connectivity index (χ4n) is 1.66. The smallest absolute Gasteiger partial charge is 0.243 e. The number of amides is 1. The molecule has 0 aliphatic carbocycles. The van der Waals surface area contributed by atoms with Crippen LogP contribution in [0.1, 0.15) is 6.92 Å². The van der Waals surface area contributed by atoms with E-state index in [0.29, 0.717) is 12.4 Å². The second-order valence-corrected chi connectivity index (χ2v) is 3.92. The van der Waals surface area contributed by atoms with Crippen LogP contribution >= 0.6 is 0 Å². The predicted octanol–water partition coefficient (Wildman–Crippen LogP) is 1.52. The minimum absolute atomic E-state index is 0.131. The zero-order chi connectivity index (χ0) is 12.3. The number of rotatable bonds is 3. The molecule has 0 spiro atoms. The highest BCUT2D eigenvalue weighted by Crippen LogP contribution is 2.31. The Morgan fingerprint density at radius 3 is 2.94 bits per heavy atom. The fraction of sp³-hybridized carbons (Fsp3) is 0.308. The molecule has 1 heterocycles. The van der Waals surface area contributed by atoms with E-state index in [1.165, 1.54) is 6.08 Å². The molecule has 0 bridgehead atoms. The van der Waals surface area contributed by atoms with Crippen molar-refractivity contribution in [2.75, 3.05) is 6.61 Å². The van der Waals surface area contributed by atoms with Gasteiger partial charge >= 0.3 is 0 Å². The van der Waals surface area contributed by atoms with E-state index in [4.69, 9.17) is 9.47 Å². The van der Waals surface area contributed by atoms with Gasteiger partial charge in [-0.2, -0.15) is 0 Å². The summed E-state index contributed by atoms with van der Waals surface area (Å²) in [6.45, 7) is 5.72. The lowest BCUT2D eigenvalue weighted by Gasteiger charge is -2.30. The Morgan fingerprint density at radius 1 is 1.53 bits per heavy atom. The molecule has 4 heteroatoms. The maximum absolute atomic E-state index is 11.2. The van der Waals surface area contributed by atoms with Gasteiger partial charge in [-0.15, -0.1) is 0 Å². The quantitative estimate of drug-likeness (QED) is 0.805. The van der Waals surface area contributed by atoms with Crippen molar-refractivity contribution in [3.63, 3.8) is 0 Å². The molecule has 0 aromatic heterocycles. The van der Waals surface area contributed by atoms with Crippen molar-refractivity contribution < 1.29 is 14.3 Å². The van der Waals surface area contributed by atoms with Crippen molar-refractivity contribution in [2.24, 2.45) is 0 Å². The van der Waals surface area contributed by atoms with E-state index in [-0.39, 0.29) is 18.1 Å². The van der Waals surface area contributed by atoms with Crippen molar-refractivity contribution in [3.05, 3.63) is 36.9 Å². The van der Waals surface area contributed by atoms with Gasteiger partial charge in [-0.05, 0) is 25.1 Å². The summed E-state index contributed by atoms with van der Waals surface area (Å²) in [6, 6.07) is 7.36. The van der Waals surface area contributed by atoms with E-state index < -0.39 is 0 Å². The summed E-state index contributed by atoms with van der Waals surface area (Å²) in [4.78, 5) is 11.2. The predicted molar refractivity (Wildman–Crippen MR) is 64.2 cm³/mol. The van der Waals surface area contributed by atoms with Crippen molar-refractivity contribution >= 4 is 5.91 Å². The van der Waals surface area contributed by atoms with Gasteiger partial charge in [0.15, 0.2) is 17.6 Å². The maximum Gasteiger partial charge on any atom is 0.243 e. The number of benzene rings is 1. The van der Waals surface area contributed by atoms with Gasteiger partial charge in [-0.25, -0.2) is 0 Å². The minimum Gasteiger partial charge on any atom is -0.486 e. The van der Waals surface area contributed by atoms with Crippen LogP contribution in [0.5, 0.6) is 11.5 Å². The molecule has 0 fully saturated rings. The van der Waals surface area contributed by atoms with Crippen LogP contribution in [0.15, 0.2) is 36.9 Å². The van der Waals surface area contributed by atoms with Gasteiger partial charge < -0.3 is 14.8 Å². The molecule has 2 atom stereocenters. The van der Waals surface area contributed by atoms with Gasteiger partial charge in [0, 0.05) is 0 Å². The molecule has 0 radical (unpaired) electrons. The highest BCUT2D eigenvalue weighted by Gasteiger charge is 2.26. The molecule has 1 aliphatic rings. The summed E-state index contributed by atoms with van der Waals surface area (Å²) in [6.07, 6.45) is 1.06. The molecule has 1 aromatic rings. The number of hydrogen-bond donors (Lipinski definition) is 1. The first-order chi connectivity index (χ1) is 8.20. The fourth-order valence-corrected chi connectivity index (χ4v) is 1.66. The molecular weight excluding hydrogens is 218 g/mol. The molecule has 4 nitrogen and oxygen atoms in total. The van der Waals surface area contributed by atoms with E-state index in [2.05, 4.69) is 11.9 Å². The number of para-hydroxylation sites is 2. The maximum atomic E-state index is 11.2. The number of carbonyl (C=O) groups is 1. The molecule has 2 unspecified atom stereocenters. The Bertz CT molecular complexity index is 430. The van der Waals surface area contributed by atoms with Gasteiger partial charge in [0.2, 0.25) is 5.91 Å². The molecule has 1 aromatic carbocycles. The number of ether oxygens (including phenoxy) is 2. The van der Waals surface area contributed by atoms with Crippen LogP contribution in [0.25, 0.3) is 0 Å². The highest BCUT2D eigenvalue weighted by molar-refractivity contribution is 5.87. The van der Waals surface area contributed by atoms with Crippen LogP contribution in [0.3, 0.4) is 0 Å². The number of carbonyl (C=O) groups excluding carboxylic acids is 1. The minimum atomic E-state index is -0.208. The molecule has 1 aliphatic heterocycles. The zero-order valence-corrected chi connectivity index (χ0v) is 9.68. The Hall–Kier alpha value is -1.97. The molecule has 1 amide bonds. The van der Waals surface area contributed by atoms with E-state index in [1.54, 1.807) is 0 Å². The van der Waals surface area contributed by atoms with Crippen LogP contribution in [0.2, 0.25) is 0 Å². The average molecular weight is 233 g/mol. The standard InChI is InChI=1S/C13H15NO3/c1-3-13(15)14-9(2)12-8-16-10-6-4-5-7-11(10)17-12/h3-7,9,12H,1,8H2,2H3,(H,14,15). The van der Waals surface area contributed by atoms with E-state index >= 15 is 0 Å². The van der Waals surface area contributed by atoms with Crippen LogP contribution in [0, 0.1) is 0 Å². The normalized spacial score (nSPS) is 19.2. The van der Waals surface area contributed by atoms with Gasteiger partial charge in [-0.1, -0.05) is 18.7 Å². The van der Waals surface area contributed by atoms with E-state index in [1.807, 2.05) is 31.2 Å². The topological polar surface area (TPSA) is 47.6 Å². The lowest BCUT2D eigenvalue weighted by atomic mass is 10.1. The SMILES string of the molecule is C=CC(=O)NC(C)C1COc2ccccc2O1. The molecule has 2 rings (SSSR count). The molecular formula is C13H15NO3. The third-order valence-corrected chi connectivity index (χ3v) is 2.64. The largest absolute Gasteiger partial charge is 0.486 e. The van der Waals surface area contributed by atoms with Gasteiger partial charge in [0.1, 0.15) is 6.61 Å². The number of fused-ring (bicyclic) bond motifs is 1. The number of nitrogens with one attached hydrogen (secondary N) is 1. The van der Waals surface area contributed by atoms with Crippen molar-refractivity contribution in [1.82, 2.24) is 5.32 Å². The van der Waals surface area contributed by atoms with Crippen molar-refractivity contribution in [3.8, 4) is 11.5 Å². The van der Waals surface area contributed by atoms with E-state index in [0.717, 1.165) is 5.75 Å². The molecule has 17 heavy (non-hydrogen) atoms. The lowest BCUT2D eigenvalue weighted by molar-refractivity contribution is -0.117. The molecule has 1 N–H and O–H groups in total. The first-order valence-electron chi connectivity index (χ1n) is 5.52. The second kappa shape index (κ2) is 4.91. The Labute approximate surface area is 100 Å². The van der Waals surface area contributed by atoms with Gasteiger partial charge in [-0.3, -0.25) is 4.79 Å². The average Bonchev–Trinajstić information content (AvgIpc) is 2.38. The molecule has 0 saturated heterocycles. The Balaban J connectivity index is 2.02. The summed E-state index contributed by atoms with van der Waals surface area (Å²) in [7, 11) is 0. The van der Waals surface area contributed by atoms with Crippen LogP contribution < -0.4 is 14.8 Å². The highest BCUT2D eigenvalue weighted by atomic mass is 16.6. The molecule has 0 saturated carbocycles. The summed E-state index contributed by atoms with van der Waals surface area (Å²) >= 11 is 0. The van der Waals surface area contributed by atoms with Crippen molar-refractivity contribution in [1.29, 1.82) is 0 Å². The lowest BCUT2D eigenvalue weighted by Crippen LogP contribution is -2.47. The summed E-state index contributed by atoms with van der Waals surface area (Å²) in [5, 5.41) is 2.77. The van der Waals surface area contributed by atoms with Crippen molar-refractivity contribution in [2.45, 2.75) is 19.1 Å². The van der Waals surface area contributed by atoms with Crippen LogP contribution in [0.4, 0.5) is 0 Å². The first-order valence-corrected chi connectivity index (χ1v) is 5.52. The third-order valence-electron chi connectivity index (χ3n) is 2.64. The number of hydrogen-bond acceptors (Lipinski definition) is 3. The summed E-state index contributed by atoms with van der Waals surface area (Å²) < 4.78 is 11.3. The summed E-state index contributed by atoms with van der Waals surface area (Å²) in [5.41, 5.74) is 0. The Kier molecular flexibility index (Phi) is 3.32. The second-order valence-electron chi connectivity index (χ2n) is 3.92. The van der Waals surface area contributed by atoms with Crippen LogP contribution in [-0.4, -0.2) is 24.7 Å². The zero-order valence-electron chi connectivity index (χ0n) is 9.68. The van der Waals surface area contributed by atoms with Crippen LogP contribution in [-0.2, 0) is 4.79 Å². The van der Waals surface area contributed by atoms with Gasteiger partial charge in [0.05, 0.1) is 6.04 Å².